The molecule has 1 N–H and O–H groups in total. The van der Waals surface area contributed by atoms with E-state index in [9.17, 15) is 19.5 Å². The Morgan fingerprint density at radius 3 is 2.34 bits per heavy atom. The minimum atomic E-state index is -0.936. The molecule has 2 atom stereocenters. The third kappa shape index (κ3) is 6.76. The Hall–Kier alpha value is -2.86. The van der Waals surface area contributed by atoms with Gasteiger partial charge in [0.15, 0.2) is 0 Å². The number of allylic oxidation sites excluding steroid dienone is 1. The van der Waals surface area contributed by atoms with Crippen LogP contribution in [0.4, 0.5) is 0 Å². The maximum atomic E-state index is 14.1. The molecular weight excluding hydrogens is 500 g/mol. The van der Waals surface area contributed by atoms with Crippen LogP contribution in [0.25, 0.3) is 0 Å². The lowest BCUT2D eigenvalue weighted by Crippen LogP contribution is -2.56. The summed E-state index contributed by atoms with van der Waals surface area (Å²) >= 11 is 1.24. The number of nitrogens with zero attached hydrogens (tertiary/aromatic N) is 4. The van der Waals surface area contributed by atoms with Gasteiger partial charge in [-0.1, -0.05) is 30.5 Å². The van der Waals surface area contributed by atoms with Crippen LogP contribution in [0.5, 0.6) is 0 Å². The smallest absolute Gasteiger partial charge is 0.319 e. The van der Waals surface area contributed by atoms with Gasteiger partial charge in [0.05, 0.1) is 17.1 Å². The normalized spacial score (nSPS) is 26.2. The van der Waals surface area contributed by atoms with Gasteiger partial charge in [-0.05, 0) is 71.3 Å². The maximum Gasteiger partial charge on any atom is 0.319 e. The van der Waals surface area contributed by atoms with E-state index in [0.29, 0.717) is 42.4 Å². The van der Waals surface area contributed by atoms with Gasteiger partial charge in [0.2, 0.25) is 5.91 Å². The number of carboxylic acids is 1. The summed E-state index contributed by atoms with van der Waals surface area (Å²) in [6, 6.07) is -0.716. The van der Waals surface area contributed by atoms with Gasteiger partial charge in [-0.25, -0.2) is 4.98 Å². The zero-order valence-electron chi connectivity index (χ0n) is 22.7. The first-order chi connectivity index (χ1) is 18.0. The molecule has 2 aliphatic heterocycles. The van der Waals surface area contributed by atoms with Crippen LogP contribution in [-0.4, -0.2) is 73.1 Å². The number of hydrogen-bond acceptors (Lipinski definition) is 6. The molecule has 1 saturated carbocycles. The summed E-state index contributed by atoms with van der Waals surface area (Å²) in [5, 5.41) is 9.34. The predicted octanol–water partition coefficient (Wildman–Crippen LogP) is 4.24. The number of carbonyl (C=O) groups excluding carboxylic acids is 2. The summed E-state index contributed by atoms with van der Waals surface area (Å²) in [6.45, 7) is 9.22. The summed E-state index contributed by atoms with van der Waals surface area (Å²) in [5.74, 6) is 5.82. The minimum absolute atomic E-state index is 0.0498. The summed E-state index contributed by atoms with van der Waals surface area (Å²) in [5.41, 5.74) is 0.0907. The maximum absolute atomic E-state index is 14.1. The molecule has 3 aliphatic rings. The van der Waals surface area contributed by atoms with E-state index in [1.807, 2.05) is 31.7 Å². The third-order valence-electron chi connectivity index (χ3n) is 7.56. The number of aromatic nitrogens is 2. The van der Waals surface area contributed by atoms with Crippen LogP contribution in [-0.2, 0) is 9.59 Å². The van der Waals surface area contributed by atoms with Crippen LogP contribution < -0.4 is 0 Å². The molecule has 204 valence electrons. The van der Waals surface area contributed by atoms with E-state index in [-0.39, 0.29) is 29.2 Å². The molecule has 1 aliphatic carbocycles. The van der Waals surface area contributed by atoms with Crippen LogP contribution in [0.3, 0.4) is 0 Å². The molecule has 2 amide bonds. The van der Waals surface area contributed by atoms with Crippen LogP contribution >= 0.6 is 11.8 Å². The highest BCUT2D eigenvalue weighted by molar-refractivity contribution is 8.05. The van der Waals surface area contributed by atoms with Crippen molar-refractivity contribution in [2.24, 2.45) is 17.3 Å². The number of piperidine rings is 1. The molecule has 3 heterocycles. The molecule has 8 nitrogen and oxygen atoms in total. The number of rotatable bonds is 5. The van der Waals surface area contributed by atoms with Crippen LogP contribution in [0.1, 0.15) is 76.7 Å². The summed E-state index contributed by atoms with van der Waals surface area (Å²) in [6.07, 6.45) is 11.2. The Morgan fingerprint density at radius 2 is 1.76 bits per heavy atom. The van der Waals surface area contributed by atoms with Gasteiger partial charge in [-0.2, -0.15) is 0 Å². The molecule has 1 aromatic heterocycles. The van der Waals surface area contributed by atoms with Crippen molar-refractivity contribution in [3.63, 3.8) is 0 Å². The highest BCUT2D eigenvalue weighted by atomic mass is 32.2. The first-order valence-electron chi connectivity index (χ1n) is 13.6. The molecule has 2 unspecified atom stereocenters. The van der Waals surface area contributed by atoms with E-state index in [1.54, 1.807) is 4.90 Å². The first kappa shape index (κ1) is 28.2. The molecule has 0 radical (unpaired) electrons. The van der Waals surface area contributed by atoms with Gasteiger partial charge >= 0.3 is 5.97 Å². The van der Waals surface area contributed by atoms with Crippen molar-refractivity contribution in [3.05, 3.63) is 35.3 Å². The highest BCUT2D eigenvalue weighted by Gasteiger charge is 2.45. The van der Waals surface area contributed by atoms with Crippen molar-refractivity contribution < 1.29 is 19.5 Å². The minimum Gasteiger partial charge on any atom is -0.480 e. The van der Waals surface area contributed by atoms with Gasteiger partial charge in [-0.15, -0.1) is 0 Å². The molecule has 38 heavy (non-hydrogen) atoms. The van der Waals surface area contributed by atoms with E-state index < -0.39 is 17.3 Å². The van der Waals surface area contributed by atoms with E-state index >= 15 is 0 Å². The molecule has 0 aromatic carbocycles. The number of aliphatic carboxylic acids is 1. The lowest BCUT2D eigenvalue weighted by molar-refractivity contribution is -0.144. The van der Waals surface area contributed by atoms with Gasteiger partial charge < -0.3 is 14.9 Å². The Balaban J connectivity index is 1.59. The number of hydrogen-bond donors (Lipinski definition) is 1. The average Bonchev–Trinajstić information content (AvgIpc) is 3.32. The molecule has 1 saturated heterocycles. The number of carboxylic acid groups (broad SMARTS) is 1. The molecule has 1 aromatic rings. The number of amides is 2. The molecule has 2 fully saturated rings. The quantitative estimate of drug-likeness (QED) is 0.559. The first-order valence-corrected chi connectivity index (χ1v) is 14.4. The van der Waals surface area contributed by atoms with Crippen molar-refractivity contribution in [1.29, 1.82) is 0 Å². The predicted molar refractivity (Wildman–Crippen MR) is 147 cm³/mol. The van der Waals surface area contributed by atoms with Crippen molar-refractivity contribution in [2.45, 2.75) is 83.6 Å². The lowest BCUT2D eigenvalue weighted by atomic mass is 9.81. The fraction of sp³-hybridized carbons (Fsp3) is 0.621. The highest BCUT2D eigenvalue weighted by Crippen LogP contribution is 2.40. The second-order valence-electron chi connectivity index (χ2n) is 11.7. The number of likely N-dealkylation sites (tertiary alicyclic amines) is 1. The van der Waals surface area contributed by atoms with Gasteiger partial charge in [0.1, 0.15) is 10.9 Å². The number of thioether (sulfide) groups is 1. The van der Waals surface area contributed by atoms with Crippen LogP contribution in [0.2, 0.25) is 0 Å². The summed E-state index contributed by atoms with van der Waals surface area (Å²) < 4.78 is 0. The summed E-state index contributed by atoms with van der Waals surface area (Å²) in [7, 11) is 0. The van der Waals surface area contributed by atoms with E-state index in [4.69, 9.17) is 0 Å². The Bertz CT molecular complexity index is 1120. The molecular formula is C29H38N4O4S. The van der Waals surface area contributed by atoms with Crippen molar-refractivity contribution in [3.8, 4) is 11.8 Å². The zero-order valence-corrected chi connectivity index (χ0v) is 23.5. The van der Waals surface area contributed by atoms with Crippen molar-refractivity contribution in [2.75, 3.05) is 13.1 Å². The standard InChI is InChI=1S/C29H38N4O4S/c1-19-5-7-20(8-6-19)26(34)33(24-17-22(9-12-29(2,3)4)38-25(24)28(36)37)21-10-15-32(16-11-21)27(35)23-18-30-13-14-31-23/h13-14,17-21,24-25H,5-8,10-11,15-16H2,1-4H3,(H,36,37). The zero-order chi connectivity index (χ0) is 27.4. The summed E-state index contributed by atoms with van der Waals surface area (Å²) in [4.78, 5) is 51.8. The molecule has 0 bridgehead atoms. The van der Waals surface area contributed by atoms with E-state index in [0.717, 1.165) is 25.7 Å². The second kappa shape index (κ2) is 11.9. The fourth-order valence-electron chi connectivity index (χ4n) is 5.44. The van der Waals surface area contributed by atoms with Gasteiger partial charge in [0.25, 0.3) is 5.91 Å². The van der Waals surface area contributed by atoms with Crippen molar-refractivity contribution in [1.82, 2.24) is 19.8 Å². The third-order valence-corrected chi connectivity index (χ3v) is 8.79. The molecule has 0 spiro atoms. The molecule has 9 heteroatoms. The number of carbonyl (C=O) groups is 3. The second-order valence-corrected chi connectivity index (χ2v) is 12.9. The Kier molecular flexibility index (Phi) is 8.81. The van der Waals surface area contributed by atoms with Crippen LogP contribution in [0, 0.1) is 29.1 Å². The SMILES string of the molecule is CC1CCC(C(=O)N(C2CCN(C(=O)c3cnccn3)CC2)C2C=C(C#CC(C)(C)C)SC2C(=O)O)CC1. The van der Waals surface area contributed by atoms with E-state index in [1.165, 1.54) is 30.4 Å². The topological polar surface area (TPSA) is 104 Å². The monoisotopic (exact) mass is 538 g/mol. The molecule has 4 rings (SSSR count). The Morgan fingerprint density at radius 1 is 1.08 bits per heavy atom. The fourth-order valence-corrected chi connectivity index (χ4v) is 6.49. The average molecular weight is 539 g/mol. The lowest BCUT2D eigenvalue weighted by Gasteiger charge is -2.43. The van der Waals surface area contributed by atoms with Crippen molar-refractivity contribution >= 4 is 29.5 Å². The van der Waals surface area contributed by atoms with Gasteiger partial charge in [-0.3, -0.25) is 19.4 Å². The largest absolute Gasteiger partial charge is 0.480 e. The van der Waals surface area contributed by atoms with E-state index in [2.05, 4.69) is 28.7 Å². The van der Waals surface area contributed by atoms with Gasteiger partial charge in [0, 0.05) is 42.9 Å². The van der Waals surface area contributed by atoms with Crippen LogP contribution in [0.15, 0.2) is 29.6 Å². The Labute approximate surface area is 229 Å².